The zero-order valence-electron chi connectivity index (χ0n) is 13.5. The number of hydrogen-bond donors (Lipinski definition) is 0. The van der Waals surface area contributed by atoms with Crippen LogP contribution in [0.25, 0.3) is 10.9 Å². The molecule has 1 aliphatic rings. The fraction of sp³-hybridized carbons (Fsp3) is 0.529. The molecule has 1 aromatic carbocycles. The molecular weight excluding hydrogens is 342 g/mol. The van der Waals surface area contributed by atoms with E-state index in [4.69, 9.17) is 0 Å². The Hall–Kier alpha value is -1.20. The molecule has 0 spiro atoms. The smallest absolute Gasteiger partial charge is 0.261 e. The van der Waals surface area contributed by atoms with Crippen LogP contribution in [0.5, 0.6) is 0 Å². The van der Waals surface area contributed by atoms with E-state index in [2.05, 4.69) is 53.6 Å². The summed E-state index contributed by atoms with van der Waals surface area (Å²) in [6.45, 7) is 7.73. The third-order valence-electron chi connectivity index (χ3n) is 5.54. The summed E-state index contributed by atoms with van der Waals surface area (Å²) in [6.07, 6.45) is 2.70. The normalized spacial score (nSPS) is 25.5. The number of fused-ring (bicyclic) bond motifs is 1. The number of aromatic nitrogens is 2. The summed E-state index contributed by atoms with van der Waals surface area (Å²) in [5, 5.41) is 0.689. The summed E-state index contributed by atoms with van der Waals surface area (Å²) in [4.78, 5) is 19.7. The maximum Gasteiger partial charge on any atom is 0.261 e. The predicted molar refractivity (Wildman–Crippen MR) is 93.2 cm³/mol. The number of hydrogen-bond acceptors (Lipinski definition) is 3. The van der Waals surface area contributed by atoms with Gasteiger partial charge in [0.15, 0.2) is 0 Å². The molecule has 118 valence electrons. The van der Waals surface area contributed by atoms with E-state index in [0.717, 1.165) is 23.0 Å². The molecule has 0 aliphatic carbocycles. The summed E-state index contributed by atoms with van der Waals surface area (Å²) in [7, 11) is 2.16. The highest BCUT2D eigenvalue weighted by Gasteiger charge is 2.40. The van der Waals surface area contributed by atoms with Gasteiger partial charge in [0, 0.05) is 22.6 Å². The molecule has 1 fully saturated rings. The minimum Gasteiger partial charge on any atom is -0.301 e. The summed E-state index contributed by atoms with van der Waals surface area (Å²) in [5.41, 5.74) is 0.877. The first-order chi connectivity index (χ1) is 10.3. The number of likely N-dealkylation sites (tertiary alicyclic amines) is 1. The summed E-state index contributed by atoms with van der Waals surface area (Å²) >= 11 is 3.43. The van der Waals surface area contributed by atoms with E-state index in [1.807, 2.05) is 22.8 Å². The lowest BCUT2D eigenvalue weighted by molar-refractivity contribution is 0.0170. The number of benzene rings is 1. The van der Waals surface area contributed by atoms with Crippen molar-refractivity contribution in [2.24, 2.45) is 5.92 Å². The van der Waals surface area contributed by atoms with Gasteiger partial charge in [-0.1, -0.05) is 22.9 Å². The second-order valence-electron chi connectivity index (χ2n) is 6.84. The summed E-state index contributed by atoms with van der Waals surface area (Å²) in [5.74, 6) is 0.374. The molecule has 0 amide bonds. The number of piperidine rings is 1. The molecule has 4 nitrogen and oxygen atoms in total. The number of rotatable bonds is 1. The van der Waals surface area contributed by atoms with Gasteiger partial charge in [0.2, 0.25) is 0 Å². The van der Waals surface area contributed by atoms with E-state index >= 15 is 0 Å². The molecule has 1 saturated heterocycles. The zero-order chi connectivity index (χ0) is 16.1. The Morgan fingerprint density at radius 1 is 1.36 bits per heavy atom. The molecule has 1 aromatic heterocycles. The van der Waals surface area contributed by atoms with Crippen molar-refractivity contribution >= 4 is 26.8 Å². The van der Waals surface area contributed by atoms with Crippen molar-refractivity contribution < 1.29 is 0 Å². The Morgan fingerprint density at radius 2 is 2.09 bits per heavy atom. The lowest BCUT2D eigenvalue weighted by Crippen LogP contribution is -2.54. The SMILES string of the molecule is CC1C(n2cnc3cc(Br)ccc3c2=O)CCN(C)C1(C)C. The van der Waals surface area contributed by atoms with Gasteiger partial charge in [-0.05, 0) is 51.4 Å². The van der Waals surface area contributed by atoms with Crippen LogP contribution < -0.4 is 5.56 Å². The molecule has 0 bridgehead atoms. The molecule has 3 rings (SSSR count). The number of nitrogens with zero attached hydrogens (tertiary/aromatic N) is 3. The standard InChI is InChI=1S/C17H22BrN3O/c1-11-15(7-8-20(4)17(11,2)3)21-10-19-14-9-12(18)5-6-13(14)16(21)22/h5-6,9-11,15H,7-8H2,1-4H3. The largest absolute Gasteiger partial charge is 0.301 e. The van der Waals surface area contributed by atoms with Gasteiger partial charge >= 0.3 is 0 Å². The quantitative estimate of drug-likeness (QED) is 0.778. The first-order valence-corrected chi connectivity index (χ1v) is 8.49. The molecule has 2 atom stereocenters. The first kappa shape index (κ1) is 15.7. The van der Waals surface area contributed by atoms with Crippen molar-refractivity contribution in [2.75, 3.05) is 13.6 Å². The molecule has 0 radical (unpaired) electrons. The third-order valence-corrected chi connectivity index (χ3v) is 6.03. The van der Waals surface area contributed by atoms with Crippen LogP contribution in [0, 0.1) is 5.92 Å². The summed E-state index contributed by atoms with van der Waals surface area (Å²) < 4.78 is 2.79. The Morgan fingerprint density at radius 3 is 2.82 bits per heavy atom. The van der Waals surface area contributed by atoms with E-state index in [1.165, 1.54) is 0 Å². The van der Waals surface area contributed by atoms with E-state index in [-0.39, 0.29) is 17.1 Å². The van der Waals surface area contributed by atoms with Crippen molar-refractivity contribution in [3.8, 4) is 0 Å². The molecule has 0 saturated carbocycles. The van der Waals surface area contributed by atoms with Crippen LogP contribution in [0.2, 0.25) is 0 Å². The number of halogens is 1. The average Bonchev–Trinajstić information content (AvgIpc) is 2.47. The Balaban J connectivity index is 2.09. The van der Waals surface area contributed by atoms with E-state index in [1.54, 1.807) is 6.33 Å². The highest BCUT2D eigenvalue weighted by molar-refractivity contribution is 9.10. The van der Waals surface area contributed by atoms with Gasteiger partial charge in [-0.2, -0.15) is 0 Å². The molecule has 0 N–H and O–H groups in total. The van der Waals surface area contributed by atoms with Gasteiger partial charge in [0.05, 0.1) is 17.2 Å². The molecule has 2 aromatic rings. The van der Waals surface area contributed by atoms with Crippen LogP contribution in [0.3, 0.4) is 0 Å². The monoisotopic (exact) mass is 363 g/mol. The van der Waals surface area contributed by atoms with Gasteiger partial charge in [-0.3, -0.25) is 9.36 Å². The van der Waals surface area contributed by atoms with Crippen molar-refractivity contribution in [3.05, 3.63) is 39.4 Å². The van der Waals surface area contributed by atoms with Crippen LogP contribution in [0.15, 0.2) is 33.8 Å². The Kier molecular flexibility index (Phi) is 3.89. The van der Waals surface area contributed by atoms with Crippen LogP contribution in [0.4, 0.5) is 0 Å². The lowest BCUT2D eigenvalue weighted by Gasteiger charge is -2.49. The Bertz CT molecular complexity index is 768. The van der Waals surface area contributed by atoms with E-state index < -0.39 is 0 Å². The first-order valence-electron chi connectivity index (χ1n) is 7.70. The van der Waals surface area contributed by atoms with Crippen molar-refractivity contribution in [2.45, 2.75) is 38.8 Å². The van der Waals surface area contributed by atoms with Gasteiger partial charge in [0.25, 0.3) is 5.56 Å². The van der Waals surface area contributed by atoms with Gasteiger partial charge < -0.3 is 4.90 Å². The predicted octanol–water partition coefficient (Wildman–Crippen LogP) is 3.45. The van der Waals surface area contributed by atoms with Crippen molar-refractivity contribution in [1.82, 2.24) is 14.5 Å². The third kappa shape index (κ3) is 2.40. The zero-order valence-corrected chi connectivity index (χ0v) is 15.1. The van der Waals surface area contributed by atoms with Crippen molar-refractivity contribution in [1.29, 1.82) is 0 Å². The van der Waals surface area contributed by atoms with Crippen LogP contribution >= 0.6 is 15.9 Å². The average molecular weight is 364 g/mol. The Labute approximate surface area is 139 Å². The van der Waals surface area contributed by atoms with E-state index in [9.17, 15) is 4.79 Å². The van der Waals surface area contributed by atoms with Gasteiger partial charge in [0.1, 0.15) is 0 Å². The highest BCUT2D eigenvalue weighted by Crippen LogP contribution is 2.38. The van der Waals surface area contributed by atoms with Crippen molar-refractivity contribution in [3.63, 3.8) is 0 Å². The maximum atomic E-state index is 12.9. The fourth-order valence-corrected chi connectivity index (χ4v) is 3.76. The second kappa shape index (κ2) is 5.46. The molecule has 1 aliphatic heterocycles. The van der Waals surface area contributed by atoms with Crippen LogP contribution in [-0.4, -0.2) is 33.6 Å². The maximum absolute atomic E-state index is 12.9. The highest BCUT2D eigenvalue weighted by atomic mass is 79.9. The molecule has 22 heavy (non-hydrogen) atoms. The minimum absolute atomic E-state index is 0.0645. The van der Waals surface area contributed by atoms with Gasteiger partial charge in [-0.25, -0.2) is 4.98 Å². The fourth-order valence-electron chi connectivity index (χ4n) is 3.41. The molecular formula is C17H22BrN3O. The van der Waals surface area contributed by atoms with Gasteiger partial charge in [-0.15, -0.1) is 0 Å². The van der Waals surface area contributed by atoms with Crippen LogP contribution in [-0.2, 0) is 0 Å². The second-order valence-corrected chi connectivity index (χ2v) is 7.75. The van der Waals surface area contributed by atoms with E-state index in [0.29, 0.717) is 11.3 Å². The summed E-state index contributed by atoms with van der Waals surface area (Å²) in [6, 6.07) is 5.84. The van der Waals surface area contributed by atoms with Crippen LogP contribution in [0.1, 0.15) is 33.2 Å². The molecule has 2 heterocycles. The molecule has 5 heteroatoms. The minimum atomic E-state index is 0.0645. The lowest BCUT2D eigenvalue weighted by atomic mass is 9.77. The topological polar surface area (TPSA) is 38.1 Å². The molecule has 2 unspecified atom stereocenters.